The van der Waals surface area contributed by atoms with Crippen molar-refractivity contribution in [2.45, 2.75) is 31.5 Å². The maximum absolute atomic E-state index is 12.3. The van der Waals surface area contributed by atoms with Crippen LogP contribution in [-0.4, -0.2) is 41.5 Å². The van der Waals surface area contributed by atoms with Crippen LogP contribution in [0.15, 0.2) is 72.8 Å². The standard InChI is InChI=1S/C27H27Cl2N3O5/c28-21-7-4-8-22(29)20(21)16-37-19-11-9-18(10-12-19)14-24(27(35)36)32-25(33)15-31-26(34)23(30)13-17-5-2-1-3-6-17/h1-12,23-24H,13-16,30H2,(H,31,34)(H,32,33)(H,35,36)/t23-,24-/m0/s1. The van der Waals surface area contributed by atoms with Crippen molar-refractivity contribution in [3.8, 4) is 5.75 Å². The number of carbonyl (C=O) groups excluding carboxylic acids is 2. The van der Waals surface area contributed by atoms with Gasteiger partial charge in [0.15, 0.2) is 0 Å². The topological polar surface area (TPSA) is 131 Å². The molecule has 0 unspecified atom stereocenters. The van der Waals surface area contributed by atoms with Crippen molar-refractivity contribution in [1.82, 2.24) is 10.6 Å². The molecule has 37 heavy (non-hydrogen) atoms. The van der Waals surface area contributed by atoms with E-state index in [4.69, 9.17) is 33.7 Å². The number of hydrogen-bond acceptors (Lipinski definition) is 5. The number of rotatable bonds is 12. The number of aliphatic carboxylic acids is 1. The molecular formula is C27H27Cl2N3O5. The molecule has 2 atom stereocenters. The van der Waals surface area contributed by atoms with Crippen molar-refractivity contribution < 1.29 is 24.2 Å². The van der Waals surface area contributed by atoms with Crippen molar-refractivity contribution >= 4 is 41.0 Å². The van der Waals surface area contributed by atoms with Gasteiger partial charge < -0.3 is 26.2 Å². The monoisotopic (exact) mass is 543 g/mol. The van der Waals surface area contributed by atoms with Gasteiger partial charge in [-0.2, -0.15) is 0 Å². The van der Waals surface area contributed by atoms with E-state index in [1.165, 1.54) is 0 Å². The molecule has 0 saturated carbocycles. The lowest BCUT2D eigenvalue weighted by Gasteiger charge is -2.16. The van der Waals surface area contributed by atoms with Gasteiger partial charge in [0.05, 0.1) is 12.6 Å². The number of nitrogens with one attached hydrogen (secondary N) is 2. The summed E-state index contributed by atoms with van der Waals surface area (Å²) in [7, 11) is 0. The number of carboxylic acid groups (broad SMARTS) is 1. The van der Waals surface area contributed by atoms with Gasteiger partial charge in [0.2, 0.25) is 11.8 Å². The average molecular weight is 544 g/mol. The zero-order valence-electron chi connectivity index (χ0n) is 19.8. The van der Waals surface area contributed by atoms with E-state index in [2.05, 4.69) is 10.6 Å². The highest BCUT2D eigenvalue weighted by Crippen LogP contribution is 2.26. The van der Waals surface area contributed by atoms with Crippen LogP contribution in [0.2, 0.25) is 10.0 Å². The second-order valence-electron chi connectivity index (χ2n) is 8.31. The molecule has 0 radical (unpaired) electrons. The van der Waals surface area contributed by atoms with Gasteiger partial charge in [-0.25, -0.2) is 4.79 Å². The number of ether oxygens (including phenoxy) is 1. The van der Waals surface area contributed by atoms with E-state index < -0.39 is 29.9 Å². The fraction of sp³-hybridized carbons (Fsp3) is 0.222. The smallest absolute Gasteiger partial charge is 0.326 e. The third kappa shape index (κ3) is 8.78. The maximum atomic E-state index is 12.3. The van der Waals surface area contributed by atoms with Gasteiger partial charge in [-0.15, -0.1) is 0 Å². The summed E-state index contributed by atoms with van der Waals surface area (Å²) >= 11 is 12.3. The highest BCUT2D eigenvalue weighted by molar-refractivity contribution is 6.35. The average Bonchev–Trinajstić information content (AvgIpc) is 2.88. The van der Waals surface area contributed by atoms with Crippen LogP contribution in [0.5, 0.6) is 5.75 Å². The Morgan fingerprint density at radius 2 is 1.49 bits per heavy atom. The molecule has 0 saturated heterocycles. The zero-order valence-corrected chi connectivity index (χ0v) is 21.3. The highest BCUT2D eigenvalue weighted by Gasteiger charge is 2.22. The van der Waals surface area contributed by atoms with E-state index in [1.54, 1.807) is 42.5 Å². The Kier molecular flexibility index (Phi) is 10.3. The second-order valence-corrected chi connectivity index (χ2v) is 9.12. The normalized spacial score (nSPS) is 12.3. The molecular weight excluding hydrogens is 517 g/mol. The van der Waals surface area contributed by atoms with E-state index in [9.17, 15) is 19.5 Å². The van der Waals surface area contributed by atoms with Gasteiger partial charge in [-0.05, 0) is 41.8 Å². The zero-order chi connectivity index (χ0) is 26.8. The Bertz CT molecular complexity index is 1200. The molecule has 0 aliphatic carbocycles. The number of amides is 2. The summed E-state index contributed by atoms with van der Waals surface area (Å²) in [5.74, 6) is -1.79. The van der Waals surface area contributed by atoms with Crippen LogP contribution in [0.1, 0.15) is 16.7 Å². The molecule has 0 fully saturated rings. The van der Waals surface area contributed by atoms with E-state index in [0.717, 1.165) is 5.56 Å². The Morgan fingerprint density at radius 3 is 2.11 bits per heavy atom. The number of carbonyl (C=O) groups is 3. The predicted octanol–water partition coefficient (Wildman–Crippen LogP) is 3.37. The molecule has 3 aromatic carbocycles. The number of hydrogen-bond donors (Lipinski definition) is 4. The van der Waals surface area contributed by atoms with Crippen LogP contribution >= 0.6 is 23.2 Å². The molecule has 8 nitrogen and oxygen atoms in total. The van der Waals surface area contributed by atoms with E-state index in [0.29, 0.717) is 33.3 Å². The number of benzene rings is 3. The fourth-order valence-corrected chi connectivity index (χ4v) is 3.99. The first kappa shape index (κ1) is 28.0. The number of carboxylic acids is 1. The highest BCUT2D eigenvalue weighted by atomic mass is 35.5. The second kappa shape index (κ2) is 13.6. The van der Waals surface area contributed by atoms with Gasteiger partial charge >= 0.3 is 5.97 Å². The molecule has 0 aliphatic rings. The van der Waals surface area contributed by atoms with Crippen LogP contribution in [-0.2, 0) is 33.8 Å². The van der Waals surface area contributed by atoms with E-state index in [1.807, 2.05) is 30.3 Å². The van der Waals surface area contributed by atoms with Gasteiger partial charge in [-0.1, -0.05) is 71.7 Å². The largest absolute Gasteiger partial charge is 0.489 e. The third-order valence-electron chi connectivity index (χ3n) is 5.50. The summed E-state index contributed by atoms with van der Waals surface area (Å²) in [6.45, 7) is -0.213. The predicted molar refractivity (Wildman–Crippen MR) is 142 cm³/mol. The quantitative estimate of drug-likeness (QED) is 0.277. The number of halogens is 2. The molecule has 194 valence electrons. The van der Waals surface area contributed by atoms with Gasteiger partial charge in [0, 0.05) is 22.0 Å². The molecule has 0 heterocycles. The first-order valence-corrected chi connectivity index (χ1v) is 12.2. The Morgan fingerprint density at radius 1 is 0.865 bits per heavy atom. The lowest BCUT2D eigenvalue weighted by atomic mass is 10.1. The Hall–Kier alpha value is -3.59. The summed E-state index contributed by atoms with van der Waals surface area (Å²) in [6.07, 6.45) is 0.357. The molecule has 10 heteroatoms. The van der Waals surface area contributed by atoms with Crippen LogP contribution in [0.4, 0.5) is 0 Å². The summed E-state index contributed by atoms with van der Waals surface area (Å²) in [4.78, 5) is 36.2. The minimum Gasteiger partial charge on any atom is -0.489 e. The summed E-state index contributed by atoms with van der Waals surface area (Å²) in [5.41, 5.74) is 8.14. The molecule has 0 spiro atoms. The third-order valence-corrected chi connectivity index (χ3v) is 6.21. The van der Waals surface area contributed by atoms with Crippen molar-refractivity contribution in [1.29, 1.82) is 0 Å². The van der Waals surface area contributed by atoms with Gasteiger partial charge in [0.1, 0.15) is 18.4 Å². The van der Waals surface area contributed by atoms with E-state index >= 15 is 0 Å². The maximum Gasteiger partial charge on any atom is 0.326 e. The molecule has 0 bridgehead atoms. The van der Waals surface area contributed by atoms with Crippen molar-refractivity contribution in [3.63, 3.8) is 0 Å². The van der Waals surface area contributed by atoms with Crippen molar-refractivity contribution in [2.75, 3.05) is 6.54 Å². The van der Waals surface area contributed by atoms with Crippen LogP contribution < -0.4 is 21.1 Å². The first-order chi connectivity index (χ1) is 17.7. The molecule has 5 N–H and O–H groups in total. The van der Waals surface area contributed by atoms with Crippen molar-refractivity contribution in [2.24, 2.45) is 5.73 Å². The summed E-state index contributed by atoms with van der Waals surface area (Å²) in [6, 6.07) is 19.2. The van der Waals surface area contributed by atoms with Crippen LogP contribution in [0.25, 0.3) is 0 Å². The van der Waals surface area contributed by atoms with Gasteiger partial charge in [-0.3, -0.25) is 9.59 Å². The lowest BCUT2D eigenvalue weighted by Crippen LogP contribution is -2.49. The first-order valence-electron chi connectivity index (χ1n) is 11.5. The molecule has 2 amide bonds. The molecule has 3 rings (SSSR count). The SMILES string of the molecule is N[C@@H](Cc1ccccc1)C(=O)NCC(=O)N[C@@H](Cc1ccc(OCc2c(Cl)cccc2Cl)cc1)C(=O)O. The van der Waals surface area contributed by atoms with Crippen LogP contribution in [0.3, 0.4) is 0 Å². The van der Waals surface area contributed by atoms with Crippen LogP contribution in [0, 0.1) is 0 Å². The molecule has 3 aromatic rings. The number of nitrogens with two attached hydrogens (primary N) is 1. The Labute approximate surface area is 224 Å². The van der Waals surface area contributed by atoms with Crippen molar-refractivity contribution in [3.05, 3.63) is 99.5 Å². The molecule has 0 aliphatic heterocycles. The molecule has 0 aromatic heterocycles. The fourth-order valence-electron chi connectivity index (χ4n) is 3.49. The Balaban J connectivity index is 1.48. The minimum absolute atomic E-state index is 0.0408. The lowest BCUT2D eigenvalue weighted by molar-refractivity contribution is -0.141. The van der Waals surface area contributed by atoms with E-state index in [-0.39, 0.29) is 19.6 Å². The summed E-state index contributed by atoms with van der Waals surface area (Å²) < 4.78 is 5.73. The minimum atomic E-state index is -1.20. The summed E-state index contributed by atoms with van der Waals surface area (Å²) in [5, 5.41) is 15.4. The van der Waals surface area contributed by atoms with Gasteiger partial charge in [0.25, 0.3) is 0 Å².